The highest BCUT2D eigenvalue weighted by atomic mass is 35.5. The minimum atomic E-state index is -5.49. The number of amides is 1. The van der Waals surface area contributed by atoms with Gasteiger partial charge in [-0.1, -0.05) is 6.42 Å². The molecular weight excluding hydrogens is 542 g/mol. The number of nitrogens with two attached hydrogens (primary N) is 1. The molecule has 0 aliphatic rings. The van der Waals surface area contributed by atoms with Gasteiger partial charge in [0.25, 0.3) is 5.08 Å². The van der Waals surface area contributed by atoms with E-state index in [-0.39, 0.29) is 37.8 Å². The number of hydrogen-bond acceptors (Lipinski definition) is 6. The Balaban J connectivity index is -0.00000392. The molecule has 1 amide bonds. The van der Waals surface area contributed by atoms with Crippen molar-refractivity contribution < 1.29 is 38.6 Å². The second kappa shape index (κ2) is 17.3. The molecule has 0 fully saturated rings. The first-order valence-electron chi connectivity index (χ1n) is 9.01. The minimum Gasteiger partial charge on any atom is -0.368 e. The van der Waals surface area contributed by atoms with Crippen molar-refractivity contribution in [1.29, 1.82) is 0 Å². The molecule has 17 heteroatoms. The number of carbonyl (C=O) groups is 1. The van der Waals surface area contributed by atoms with Gasteiger partial charge in [-0.2, -0.15) is 0 Å². The molecule has 0 rings (SSSR count). The Labute approximate surface area is 204 Å². The number of hydrogen-bond donors (Lipinski definition) is 7. The van der Waals surface area contributed by atoms with Crippen molar-refractivity contribution >= 4 is 69.1 Å². The Morgan fingerprint density at radius 2 is 1.45 bits per heavy atom. The summed E-state index contributed by atoms with van der Waals surface area (Å²) >= 11 is 11.4. The van der Waals surface area contributed by atoms with E-state index in [0.717, 1.165) is 26.1 Å². The van der Waals surface area contributed by atoms with Crippen LogP contribution in [0.25, 0.3) is 0 Å². The second-order valence-corrected chi connectivity index (χ2v) is 11.3. The van der Waals surface area contributed by atoms with Gasteiger partial charge in [-0.25, -0.2) is 0 Å². The summed E-state index contributed by atoms with van der Waals surface area (Å²) in [5.74, 6) is 0.495. The van der Waals surface area contributed by atoms with Gasteiger partial charge < -0.3 is 40.6 Å². The molecule has 0 spiro atoms. The van der Waals surface area contributed by atoms with Crippen LogP contribution in [0.3, 0.4) is 0 Å². The minimum absolute atomic E-state index is 0. The number of alkyl halides is 2. The van der Waals surface area contributed by atoms with Crippen LogP contribution in [0.1, 0.15) is 32.1 Å². The summed E-state index contributed by atoms with van der Waals surface area (Å²) in [5.41, 5.74) is 5.79. The molecule has 190 valence electrons. The Kier molecular flexibility index (Phi) is 20.3. The smallest absolute Gasteiger partial charge is 0.368 e. The van der Waals surface area contributed by atoms with Crippen LogP contribution in [0.15, 0.2) is 0 Å². The number of halogens is 4. The van der Waals surface area contributed by atoms with E-state index in [1.807, 2.05) is 0 Å². The number of nitrogens with one attached hydrogen (secondary N) is 1. The maximum atomic E-state index is 11.9. The van der Waals surface area contributed by atoms with Crippen molar-refractivity contribution in [2.75, 3.05) is 37.9 Å². The van der Waals surface area contributed by atoms with Crippen molar-refractivity contribution in [1.82, 2.24) is 10.2 Å². The van der Waals surface area contributed by atoms with Gasteiger partial charge in [0.2, 0.25) is 5.91 Å². The predicted molar refractivity (Wildman–Crippen MR) is 125 cm³/mol. The molecule has 0 saturated heterocycles. The fourth-order valence-corrected chi connectivity index (χ4v) is 5.27. The molecule has 8 N–H and O–H groups in total. The van der Waals surface area contributed by atoms with Crippen LogP contribution in [0, 0.1) is 0 Å². The Morgan fingerprint density at radius 1 is 0.968 bits per heavy atom. The van der Waals surface area contributed by atoms with Gasteiger partial charge in [0.1, 0.15) is 0 Å². The first-order valence-corrected chi connectivity index (χ1v) is 13.3. The molecule has 11 nitrogen and oxygen atoms in total. The Morgan fingerprint density at radius 3 is 1.87 bits per heavy atom. The maximum Gasteiger partial charge on any atom is 0.369 e. The first kappa shape index (κ1) is 36.4. The third-order valence-corrected chi connectivity index (χ3v) is 8.51. The summed E-state index contributed by atoms with van der Waals surface area (Å²) < 4.78 is 22.5. The lowest BCUT2D eigenvalue weighted by Gasteiger charge is -2.29. The van der Waals surface area contributed by atoms with Gasteiger partial charge in [-0.05, 0) is 25.8 Å². The number of nitrogens with zero attached hydrogens (tertiary/aromatic N) is 1. The van der Waals surface area contributed by atoms with Crippen LogP contribution in [-0.4, -0.2) is 84.6 Å². The lowest BCUT2D eigenvalue weighted by molar-refractivity contribution is -0.122. The highest BCUT2D eigenvalue weighted by Gasteiger charge is 2.58. The van der Waals surface area contributed by atoms with Crippen molar-refractivity contribution in [3.63, 3.8) is 0 Å². The summed E-state index contributed by atoms with van der Waals surface area (Å²) in [7, 11) is -11.0. The van der Waals surface area contributed by atoms with E-state index in [9.17, 15) is 19.0 Å². The summed E-state index contributed by atoms with van der Waals surface area (Å²) in [4.78, 5) is 50.2. The number of carbonyl (C=O) groups excluding carboxylic acids is 1. The SMILES string of the molecule is Cl.Cl.N[C@@H](CCCCN(CCCl)CCCl)C(=O)NCCCC(O)(P(=O)(O)O)P(=O)(O)O. The molecule has 0 heterocycles. The molecule has 0 aromatic carbocycles. The van der Waals surface area contributed by atoms with Gasteiger partial charge in [-0.3, -0.25) is 13.9 Å². The van der Waals surface area contributed by atoms with Gasteiger partial charge in [0, 0.05) is 37.8 Å². The molecule has 0 aliphatic carbocycles. The fourth-order valence-electron chi connectivity index (χ4n) is 2.53. The summed E-state index contributed by atoms with van der Waals surface area (Å²) in [6, 6.07) is -0.799. The van der Waals surface area contributed by atoms with Crippen LogP contribution in [0.4, 0.5) is 0 Å². The first-order chi connectivity index (χ1) is 13.3. The third-order valence-electron chi connectivity index (χ3n) is 4.30. The van der Waals surface area contributed by atoms with Crippen LogP contribution in [0.2, 0.25) is 0 Å². The summed E-state index contributed by atoms with van der Waals surface area (Å²) in [6.07, 6.45) is 0.736. The predicted octanol–water partition coefficient (Wildman–Crippen LogP) is 1.01. The molecule has 0 saturated carbocycles. The maximum absolute atomic E-state index is 11.9. The van der Waals surface area contributed by atoms with E-state index in [1.54, 1.807) is 0 Å². The van der Waals surface area contributed by atoms with E-state index in [4.69, 9.17) is 48.5 Å². The molecular formula is C14H33Cl4N3O8P2. The van der Waals surface area contributed by atoms with Gasteiger partial charge >= 0.3 is 15.2 Å². The molecule has 0 unspecified atom stereocenters. The van der Waals surface area contributed by atoms with Gasteiger partial charge in [0.05, 0.1) is 6.04 Å². The zero-order chi connectivity index (χ0) is 22.7. The molecule has 0 bridgehead atoms. The molecule has 0 radical (unpaired) electrons. The van der Waals surface area contributed by atoms with E-state index in [2.05, 4.69) is 10.2 Å². The summed E-state index contributed by atoms with van der Waals surface area (Å²) in [6.45, 7) is 2.05. The molecule has 0 aromatic rings. The highest BCUT2D eigenvalue weighted by Crippen LogP contribution is 2.69. The number of rotatable bonds is 16. The standard InChI is InChI=1S/C14H31Cl2N3O8P2.2ClH/c15-6-10-19(11-7-16)9-2-1-4-12(17)13(20)18-8-3-5-14(21,28(22,23)24)29(25,26)27;;/h12,21H,1-11,17H2,(H,18,20)(H2,22,23,24)(H2,25,26,27);2*1H/t12-;;/m0../s1. The Bertz CT molecular complexity index is 568. The zero-order valence-corrected chi connectivity index (χ0v) is 21.7. The van der Waals surface area contributed by atoms with Crippen LogP contribution in [0.5, 0.6) is 0 Å². The normalized spacial score (nSPS) is 13.3. The highest BCUT2D eigenvalue weighted by molar-refractivity contribution is 7.72. The van der Waals surface area contributed by atoms with Crippen LogP contribution < -0.4 is 11.1 Å². The fraction of sp³-hybridized carbons (Fsp3) is 0.929. The lowest BCUT2D eigenvalue weighted by atomic mass is 10.1. The van der Waals surface area contributed by atoms with Crippen molar-refractivity contribution in [3.05, 3.63) is 0 Å². The van der Waals surface area contributed by atoms with Crippen molar-refractivity contribution in [2.45, 2.75) is 43.2 Å². The molecule has 0 aromatic heterocycles. The third kappa shape index (κ3) is 13.3. The average Bonchev–Trinajstić information content (AvgIpc) is 2.60. The lowest BCUT2D eigenvalue weighted by Crippen LogP contribution is -2.41. The zero-order valence-electron chi connectivity index (χ0n) is 16.8. The van der Waals surface area contributed by atoms with Gasteiger partial charge in [-0.15, -0.1) is 48.0 Å². The van der Waals surface area contributed by atoms with Crippen LogP contribution >= 0.6 is 63.2 Å². The largest absolute Gasteiger partial charge is 0.369 e. The monoisotopic (exact) mass is 573 g/mol. The van der Waals surface area contributed by atoms with Gasteiger partial charge in [0.15, 0.2) is 0 Å². The van der Waals surface area contributed by atoms with Crippen LogP contribution in [-0.2, 0) is 13.9 Å². The van der Waals surface area contributed by atoms with E-state index in [0.29, 0.717) is 24.6 Å². The topological polar surface area (TPSA) is 194 Å². The quantitative estimate of drug-likeness (QED) is 0.0794. The second-order valence-electron chi connectivity index (χ2n) is 6.58. The number of unbranched alkanes of at least 4 members (excludes halogenated alkanes) is 1. The van der Waals surface area contributed by atoms with E-state index >= 15 is 0 Å². The molecule has 0 aliphatic heterocycles. The molecule has 31 heavy (non-hydrogen) atoms. The van der Waals surface area contributed by atoms with E-state index in [1.165, 1.54) is 0 Å². The Hall–Kier alpha value is 0.810. The van der Waals surface area contributed by atoms with Crippen molar-refractivity contribution in [3.8, 4) is 0 Å². The molecule has 1 atom stereocenters. The summed E-state index contributed by atoms with van der Waals surface area (Å²) in [5, 5.41) is 8.68. The number of aliphatic hydroxyl groups is 1. The van der Waals surface area contributed by atoms with Crippen molar-refractivity contribution in [2.24, 2.45) is 5.73 Å². The average molecular weight is 575 g/mol. The van der Waals surface area contributed by atoms with E-state index < -0.39 is 38.6 Å².